The highest BCUT2D eigenvalue weighted by molar-refractivity contribution is 7.89. The van der Waals surface area contributed by atoms with Crippen molar-refractivity contribution in [3.8, 4) is 0 Å². The molecule has 0 aliphatic rings. The average Bonchev–Trinajstić information content (AvgIpc) is 2.18. The number of sulfonamides is 1. The maximum Gasteiger partial charge on any atom is 0.240 e. The third kappa shape index (κ3) is 3.85. The van der Waals surface area contributed by atoms with Crippen molar-refractivity contribution in [3.05, 3.63) is 29.8 Å². The van der Waals surface area contributed by atoms with Crippen LogP contribution in [0.25, 0.3) is 0 Å². The molecule has 0 unspecified atom stereocenters. The fourth-order valence-electron chi connectivity index (χ4n) is 1.09. The fraction of sp³-hybridized carbons (Fsp3) is 0.400. The highest BCUT2D eigenvalue weighted by atomic mass is 32.2. The van der Waals surface area contributed by atoms with E-state index < -0.39 is 10.0 Å². The zero-order valence-electron chi connectivity index (χ0n) is 8.60. The van der Waals surface area contributed by atoms with Gasteiger partial charge in [-0.05, 0) is 31.2 Å². The quantitative estimate of drug-likeness (QED) is 0.611. The van der Waals surface area contributed by atoms with E-state index >= 15 is 0 Å². The zero-order valence-corrected chi connectivity index (χ0v) is 10.3. The first-order valence-corrected chi connectivity index (χ1v) is 6.85. The van der Waals surface area contributed by atoms with Crippen molar-refractivity contribution in [2.24, 2.45) is 0 Å². The van der Waals surface area contributed by atoms with Crippen LogP contribution >= 0.6 is 12.6 Å². The standard InChI is InChI=1S/C10H15NO2S2/c1-9-3-5-10(6-4-9)15(12,13)11-7-2-8-14/h3-6,11,14H,2,7-8H2,1H3. The van der Waals surface area contributed by atoms with Gasteiger partial charge in [0.15, 0.2) is 0 Å². The number of rotatable bonds is 5. The smallest absolute Gasteiger partial charge is 0.211 e. The first-order valence-electron chi connectivity index (χ1n) is 4.73. The van der Waals surface area contributed by atoms with Crippen molar-refractivity contribution in [3.63, 3.8) is 0 Å². The predicted octanol–water partition coefficient (Wildman–Crippen LogP) is 1.59. The van der Waals surface area contributed by atoms with E-state index in [9.17, 15) is 8.42 Å². The van der Waals surface area contributed by atoms with Gasteiger partial charge in [0, 0.05) is 6.54 Å². The summed E-state index contributed by atoms with van der Waals surface area (Å²) >= 11 is 4.02. The predicted molar refractivity (Wildman–Crippen MR) is 64.8 cm³/mol. The summed E-state index contributed by atoms with van der Waals surface area (Å²) in [5.41, 5.74) is 1.05. The first kappa shape index (κ1) is 12.5. The SMILES string of the molecule is Cc1ccc(S(=O)(=O)NCCCS)cc1. The summed E-state index contributed by atoms with van der Waals surface area (Å²) in [5.74, 6) is 0.677. The van der Waals surface area contributed by atoms with Crippen LogP contribution in [0, 0.1) is 6.92 Å². The molecule has 0 aromatic heterocycles. The van der Waals surface area contributed by atoms with Crippen molar-refractivity contribution in [2.75, 3.05) is 12.3 Å². The van der Waals surface area contributed by atoms with E-state index in [4.69, 9.17) is 0 Å². The van der Waals surface area contributed by atoms with Crippen molar-refractivity contribution < 1.29 is 8.42 Å². The van der Waals surface area contributed by atoms with E-state index in [0.29, 0.717) is 17.2 Å². The second-order valence-corrected chi connectivity index (χ2v) is 5.50. The van der Waals surface area contributed by atoms with Gasteiger partial charge in [0.2, 0.25) is 10.0 Å². The Morgan fingerprint density at radius 3 is 2.40 bits per heavy atom. The molecule has 0 radical (unpaired) electrons. The highest BCUT2D eigenvalue weighted by Gasteiger charge is 2.11. The van der Waals surface area contributed by atoms with Gasteiger partial charge in [-0.25, -0.2) is 13.1 Å². The first-order chi connectivity index (χ1) is 7.06. The largest absolute Gasteiger partial charge is 0.240 e. The lowest BCUT2D eigenvalue weighted by atomic mass is 10.2. The van der Waals surface area contributed by atoms with Gasteiger partial charge in [0.1, 0.15) is 0 Å². The molecule has 1 rings (SSSR count). The van der Waals surface area contributed by atoms with Crippen LogP contribution in [0.2, 0.25) is 0 Å². The summed E-state index contributed by atoms with van der Waals surface area (Å²) in [7, 11) is -3.33. The van der Waals surface area contributed by atoms with Crippen molar-refractivity contribution in [1.29, 1.82) is 0 Å². The zero-order chi connectivity index (χ0) is 11.3. The molecule has 0 amide bonds. The van der Waals surface area contributed by atoms with Gasteiger partial charge in [0.05, 0.1) is 4.90 Å². The van der Waals surface area contributed by atoms with Crippen LogP contribution < -0.4 is 4.72 Å². The van der Waals surface area contributed by atoms with E-state index in [2.05, 4.69) is 17.4 Å². The van der Waals surface area contributed by atoms with Crippen LogP contribution in [-0.4, -0.2) is 20.7 Å². The molecule has 0 saturated carbocycles. The van der Waals surface area contributed by atoms with E-state index in [-0.39, 0.29) is 0 Å². The van der Waals surface area contributed by atoms with Gasteiger partial charge < -0.3 is 0 Å². The number of hydrogen-bond donors (Lipinski definition) is 2. The Hall–Kier alpha value is -0.520. The van der Waals surface area contributed by atoms with Crippen LogP contribution in [0.1, 0.15) is 12.0 Å². The molecule has 1 aromatic carbocycles. The lowest BCUT2D eigenvalue weighted by Gasteiger charge is -2.05. The van der Waals surface area contributed by atoms with Crippen LogP contribution in [0.15, 0.2) is 29.2 Å². The van der Waals surface area contributed by atoms with Crippen molar-refractivity contribution >= 4 is 22.7 Å². The van der Waals surface area contributed by atoms with Crippen molar-refractivity contribution in [2.45, 2.75) is 18.2 Å². The average molecular weight is 245 g/mol. The second kappa shape index (κ2) is 5.53. The molecule has 5 heteroatoms. The molecule has 3 nitrogen and oxygen atoms in total. The minimum atomic E-state index is -3.33. The van der Waals surface area contributed by atoms with E-state index in [1.54, 1.807) is 24.3 Å². The Morgan fingerprint density at radius 2 is 1.87 bits per heavy atom. The van der Waals surface area contributed by atoms with Gasteiger partial charge in [-0.15, -0.1) is 0 Å². The van der Waals surface area contributed by atoms with Gasteiger partial charge in [0.25, 0.3) is 0 Å². The van der Waals surface area contributed by atoms with Crippen LogP contribution in [0.5, 0.6) is 0 Å². The van der Waals surface area contributed by atoms with Gasteiger partial charge in [-0.3, -0.25) is 0 Å². The molecule has 1 aromatic rings. The third-order valence-corrected chi connectivity index (χ3v) is 3.75. The maximum absolute atomic E-state index is 11.7. The molecule has 0 saturated heterocycles. The monoisotopic (exact) mass is 245 g/mol. The number of hydrogen-bond acceptors (Lipinski definition) is 3. The van der Waals surface area contributed by atoms with Gasteiger partial charge in [-0.2, -0.15) is 12.6 Å². The Labute approximate surface area is 96.4 Å². The molecule has 0 bridgehead atoms. The van der Waals surface area contributed by atoms with Gasteiger partial charge in [-0.1, -0.05) is 17.7 Å². The minimum Gasteiger partial charge on any atom is -0.211 e. The number of nitrogens with one attached hydrogen (secondary N) is 1. The fourth-order valence-corrected chi connectivity index (χ4v) is 2.32. The summed E-state index contributed by atoms with van der Waals surface area (Å²) in [6.07, 6.45) is 0.730. The maximum atomic E-state index is 11.7. The van der Waals surface area contributed by atoms with Gasteiger partial charge >= 0.3 is 0 Å². The Kier molecular flexibility index (Phi) is 4.63. The summed E-state index contributed by atoms with van der Waals surface area (Å²) in [6.45, 7) is 2.35. The van der Waals surface area contributed by atoms with E-state index in [1.807, 2.05) is 6.92 Å². The normalized spacial score (nSPS) is 11.6. The number of benzene rings is 1. The molecule has 0 fully saturated rings. The molecule has 0 aliphatic heterocycles. The summed E-state index contributed by atoms with van der Waals surface area (Å²) in [4.78, 5) is 0.312. The van der Waals surface area contributed by atoms with Crippen LogP contribution in [0.4, 0.5) is 0 Å². The van der Waals surface area contributed by atoms with Crippen LogP contribution in [0.3, 0.4) is 0 Å². The minimum absolute atomic E-state index is 0.312. The Balaban J connectivity index is 2.73. The molecule has 0 spiro atoms. The molecule has 0 atom stereocenters. The molecule has 0 heterocycles. The van der Waals surface area contributed by atoms with Crippen LogP contribution in [-0.2, 0) is 10.0 Å². The lowest BCUT2D eigenvalue weighted by Crippen LogP contribution is -2.24. The van der Waals surface area contributed by atoms with E-state index in [1.165, 1.54) is 0 Å². The topological polar surface area (TPSA) is 46.2 Å². The van der Waals surface area contributed by atoms with Crippen molar-refractivity contribution in [1.82, 2.24) is 4.72 Å². The number of thiol groups is 1. The molecule has 1 N–H and O–H groups in total. The van der Waals surface area contributed by atoms with E-state index in [0.717, 1.165) is 12.0 Å². The molecule has 15 heavy (non-hydrogen) atoms. The summed E-state index contributed by atoms with van der Waals surface area (Å²) in [5, 5.41) is 0. The molecule has 0 aliphatic carbocycles. The molecule has 84 valence electrons. The Morgan fingerprint density at radius 1 is 1.27 bits per heavy atom. The molecular weight excluding hydrogens is 230 g/mol. The summed E-state index contributed by atoms with van der Waals surface area (Å²) < 4.78 is 25.9. The number of aryl methyl sites for hydroxylation is 1. The Bertz CT molecular complexity index is 398. The summed E-state index contributed by atoms with van der Waals surface area (Å²) in [6, 6.07) is 6.79. The molecular formula is C10H15NO2S2. The third-order valence-electron chi connectivity index (χ3n) is 1.96. The second-order valence-electron chi connectivity index (χ2n) is 3.29. The lowest BCUT2D eigenvalue weighted by molar-refractivity contribution is 0.581. The highest BCUT2D eigenvalue weighted by Crippen LogP contribution is 2.09.